The van der Waals surface area contributed by atoms with Crippen LogP contribution in [0.1, 0.15) is 20.8 Å². The van der Waals surface area contributed by atoms with Gasteiger partial charge in [-0.1, -0.05) is 6.08 Å². The molecule has 0 saturated carbocycles. The standard InChI is InChI=1S/C10H20F2N2/c1-5-6-14(9(2,3)4)8-10(11,12)7-13/h5H,1,6-8,13H2,2-4H3. The Hall–Kier alpha value is -0.480. The van der Waals surface area contributed by atoms with E-state index < -0.39 is 12.5 Å². The van der Waals surface area contributed by atoms with Crippen LogP contribution in [0.25, 0.3) is 0 Å². The van der Waals surface area contributed by atoms with Gasteiger partial charge in [0.1, 0.15) is 0 Å². The Morgan fingerprint density at radius 1 is 1.36 bits per heavy atom. The summed E-state index contributed by atoms with van der Waals surface area (Å²) in [4.78, 5) is 1.66. The average Bonchev–Trinajstić information content (AvgIpc) is 2.02. The zero-order chi connectivity index (χ0) is 11.4. The fraction of sp³-hybridized carbons (Fsp3) is 0.800. The highest BCUT2D eigenvalue weighted by molar-refractivity contribution is 4.86. The lowest BCUT2D eigenvalue weighted by atomic mass is 10.1. The van der Waals surface area contributed by atoms with Crippen LogP contribution in [-0.4, -0.2) is 36.0 Å². The van der Waals surface area contributed by atoms with Gasteiger partial charge in [-0.05, 0) is 20.8 Å². The zero-order valence-electron chi connectivity index (χ0n) is 9.19. The molecule has 0 atom stereocenters. The van der Waals surface area contributed by atoms with E-state index in [9.17, 15) is 8.78 Å². The first-order chi connectivity index (χ1) is 6.23. The van der Waals surface area contributed by atoms with E-state index in [1.54, 1.807) is 11.0 Å². The van der Waals surface area contributed by atoms with Crippen molar-refractivity contribution in [3.05, 3.63) is 12.7 Å². The molecule has 0 aliphatic carbocycles. The van der Waals surface area contributed by atoms with E-state index in [0.717, 1.165) is 0 Å². The Bertz CT molecular complexity index is 185. The van der Waals surface area contributed by atoms with Crippen molar-refractivity contribution in [1.82, 2.24) is 4.90 Å². The van der Waals surface area contributed by atoms with E-state index in [4.69, 9.17) is 5.73 Å². The molecule has 0 radical (unpaired) electrons. The molecule has 0 aromatic carbocycles. The van der Waals surface area contributed by atoms with Gasteiger partial charge in [-0.3, -0.25) is 4.90 Å². The maximum Gasteiger partial charge on any atom is 0.272 e. The third-order valence-corrected chi connectivity index (χ3v) is 2.02. The zero-order valence-corrected chi connectivity index (χ0v) is 9.19. The van der Waals surface area contributed by atoms with Gasteiger partial charge in [-0.2, -0.15) is 0 Å². The summed E-state index contributed by atoms with van der Waals surface area (Å²) in [7, 11) is 0. The Morgan fingerprint density at radius 3 is 2.14 bits per heavy atom. The van der Waals surface area contributed by atoms with Crippen LogP contribution in [-0.2, 0) is 0 Å². The maximum atomic E-state index is 13.1. The number of rotatable bonds is 5. The van der Waals surface area contributed by atoms with Gasteiger partial charge in [0, 0.05) is 12.1 Å². The average molecular weight is 206 g/mol. The van der Waals surface area contributed by atoms with E-state index in [1.807, 2.05) is 20.8 Å². The van der Waals surface area contributed by atoms with Crippen molar-refractivity contribution < 1.29 is 8.78 Å². The highest BCUT2D eigenvalue weighted by Crippen LogP contribution is 2.20. The van der Waals surface area contributed by atoms with Crippen LogP contribution < -0.4 is 5.73 Å². The molecule has 0 bridgehead atoms. The van der Waals surface area contributed by atoms with E-state index in [0.29, 0.717) is 6.54 Å². The fourth-order valence-corrected chi connectivity index (χ4v) is 1.08. The third-order valence-electron chi connectivity index (χ3n) is 2.02. The number of nitrogens with two attached hydrogens (primary N) is 1. The summed E-state index contributed by atoms with van der Waals surface area (Å²) in [6.45, 7) is 8.74. The number of nitrogens with zero attached hydrogens (tertiary/aromatic N) is 1. The van der Waals surface area contributed by atoms with Crippen molar-refractivity contribution in [3.8, 4) is 0 Å². The fourth-order valence-electron chi connectivity index (χ4n) is 1.08. The van der Waals surface area contributed by atoms with Crippen LogP contribution in [0, 0.1) is 0 Å². The molecule has 2 N–H and O–H groups in total. The summed E-state index contributed by atoms with van der Waals surface area (Å²) in [5, 5.41) is 0. The lowest BCUT2D eigenvalue weighted by Crippen LogP contribution is -2.49. The Kier molecular flexibility index (Phi) is 4.68. The normalized spacial score (nSPS) is 13.4. The minimum atomic E-state index is -2.82. The largest absolute Gasteiger partial charge is 0.325 e. The second-order valence-electron chi connectivity index (χ2n) is 4.40. The molecule has 4 heteroatoms. The maximum absolute atomic E-state index is 13.1. The Labute approximate surface area is 84.8 Å². The molecule has 0 aromatic heterocycles. The number of alkyl halides is 2. The number of hydrogen-bond acceptors (Lipinski definition) is 2. The molecule has 0 amide bonds. The minimum Gasteiger partial charge on any atom is -0.325 e. The molecule has 0 aromatic rings. The highest BCUT2D eigenvalue weighted by Gasteiger charge is 2.33. The summed E-state index contributed by atoms with van der Waals surface area (Å²) >= 11 is 0. The Balaban J connectivity index is 4.45. The van der Waals surface area contributed by atoms with Crippen molar-refractivity contribution in [2.24, 2.45) is 5.73 Å². The molecule has 0 aliphatic rings. The van der Waals surface area contributed by atoms with Crippen molar-refractivity contribution in [3.63, 3.8) is 0 Å². The topological polar surface area (TPSA) is 29.3 Å². The summed E-state index contributed by atoms with van der Waals surface area (Å²) in [5.74, 6) is -2.82. The summed E-state index contributed by atoms with van der Waals surface area (Å²) in [5.41, 5.74) is 4.69. The number of halogens is 2. The van der Waals surface area contributed by atoms with Gasteiger partial charge in [0.05, 0.1) is 13.1 Å². The third kappa shape index (κ3) is 4.67. The van der Waals surface area contributed by atoms with E-state index >= 15 is 0 Å². The van der Waals surface area contributed by atoms with Crippen molar-refractivity contribution in [1.29, 1.82) is 0 Å². The predicted octanol–water partition coefficient (Wildman–Crippen LogP) is 1.87. The first kappa shape index (κ1) is 13.5. The van der Waals surface area contributed by atoms with Gasteiger partial charge < -0.3 is 5.73 Å². The molecule has 14 heavy (non-hydrogen) atoms. The van der Waals surface area contributed by atoms with Crippen molar-refractivity contribution in [2.45, 2.75) is 32.2 Å². The first-order valence-corrected chi connectivity index (χ1v) is 4.67. The van der Waals surface area contributed by atoms with Crippen LogP contribution >= 0.6 is 0 Å². The van der Waals surface area contributed by atoms with E-state index in [2.05, 4.69) is 6.58 Å². The van der Waals surface area contributed by atoms with Gasteiger partial charge in [-0.25, -0.2) is 8.78 Å². The van der Waals surface area contributed by atoms with E-state index in [-0.39, 0.29) is 12.1 Å². The van der Waals surface area contributed by atoms with Crippen molar-refractivity contribution in [2.75, 3.05) is 19.6 Å². The van der Waals surface area contributed by atoms with Crippen LogP contribution in [0.4, 0.5) is 8.78 Å². The van der Waals surface area contributed by atoms with Gasteiger partial charge >= 0.3 is 0 Å². The molecule has 84 valence electrons. The second-order valence-corrected chi connectivity index (χ2v) is 4.40. The molecule has 0 saturated heterocycles. The van der Waals surface area contributed by atoms with Crippen LogP contribution in [0.2, 0.25) is 0 Å². The second kappa shape index (κ2) is 4.84. The van der Waals surface area contributed by atoms with Gasteiger partial charge in [0.2, 0.25) is 0 Å². The molecule has 2 nitrogen and oxygen atoms in total. The Morgan fingerprint density at radius 2 is 1.86 bits per heavy atom. The van der Waals surface area contributed by atoms with Gasteiger partial charge in [0.25, 0.3) is 5.92 Å². The smallest absolute Gasteiger partial charge is 0.272 e. The molecule has 0 spiro atoms. The van der Waals surface area contributed by atoms with Crippen LogP contribution in [0.3, 0.4) is 0 Å². The van der Waals surface area contributed by atoms with Gasteiger partial charge in [0.15, 0.2) is 0 Å². The molecule has 0 aliphatic heterocycles. The van der Waals surface area contributed by atoms with Gasteiger partial charge in [-0.15, -0.1) is 6.58 Å². The quantitative estimate of drug-likeness (QED) is 0.696. The molecular formula is C10H20F2N2. The van der Waals surface area contributed by atoms with Crippen LogP contribution in [0.5, 0.6) is 0 Å². The lowest BCUT2D eigenvalue weighted by molar-refractivity contribution is -0.0420. The summed E-state index contributed by atoms with van der Waals surface area (Å²) in [6.07, 6.45) is 1.62. The molecule has 0 heterocycles. The van der Waals surface area contributed by atoms with E-state index in [1.165, 1.54) is 0 Å². The SMILES string of the molecule is C=CCN(CC(F)(F)CN)C(C)(C)C. The lowest BCUT2D eigenvalue weighted by Gasteiger charge is -2.36. The molecular weight excluding hydrogens is 186 g/mol. The highest BCUT2D eigenvalue weighted by atomic mass is 19.3. The summed E-state index contributed by atoms with van der Waals surface area (Å²) < 4.78 is 26.1. The van der Waals surface area contributed by atoms with Crippen molar-refractivity contribution >= 4 is 0 Å². The number of hydrogen-bond donors (Lipinski definition) is 1. The molecule has 0 rings (SSSR count). The molecule has 0 unspecified atom stereocenters. The molecule has 0 fully saturated rings. The summed E-state index contributed by atoms with van der Waals surface area (Å²) in [6, 6.07) is 0. The van der Waals surface area contributed by atoms with Crippen LogP contribution in [0.15, 0.2) is 12.7 Å². The predicted molar refractivity (Wildman–Crippen MR) is 55.5 cm³/mol. The first-order valence-electron chi connectivity index (χ1n) is 4.67. The minimum absolute atomic E-state index is 0.299. The monoisotopic (exact) mass is 206 g/mol.